The van der Waals surface area contributed by atoms with Crippen LogP contribution in [-0.4, -0.2) is 48.6 Å². The van der Waals surface area contributed by atoms with Gasteiger partial charge in [0.25, 0.3) is 0 Å². The van der Waals surface area contributed by atoms with Crippen molar-refractivity contribution >= 4 is 33.7 Å². The van der Waals surface area contributed by atoms with Crippen LogP contribution in [0.5, 0.6) is 5.75 Å². The number of methoxy groups -OCH3 is 1. The molecule has 220 valence electrons. The summed E-state index contributed by atoms with van der Waals surface area (Å²) in [6.45, 7) is 1.32. The molecule has 0 bridgehead atoms. The lowest BCUT2D eigenvalue weighted by atomic mass is 9.90. The van der Waals surface area contributed by atoms with Gasteiger partial charge in [0, 0.05) is 46.0 Å². The lowest BCUT2D eigenvalue weighted by Crippen LogP contribution is -2.20. The summed E-state index contributed by atoms with van der Waals surface area (Å²) in [4.78, 5) is 22.5. The molecule has 3 aromatic carbocycles. The minimum atomic E-state index is -0.410. The zero-order chi connectivity index (χ0) is 30.0. The maximum atomic E-state index is 16.0. The first-order chi connectivity index (χ1) is 20.8. The number of hydrogen-bond donors (Lipinski definition) is 0. The van der Waals surface area contributed by atoms with Gasteiger partial charge in [0.2, 0.25) is 0 Å². The van der Waals surface area contributed by atoms with Crippen LogP contribution in [0.1, 0.15) is 24.3 Å². The van der Waals surface area contributed by atoms with E-state index in [-0.39, 0.29) is 11.6 Å². The van der Waals surface area contributed by atoms with E-state index in [1.807, 2.05) is 29.3 Å². The monoisotopic (exact) mass is 600 g/mol. The molecular formula is C32H30ClFN6O3. The molecule has 0 saturated carbocycles. The predicted molar refractivity (Wildman–Crippen MR) is 165 cm³/mol. The molecule has 7 rings (SSSR count). The van der Waals surface area contributed by atoms with Crippen LogP contribution in [0.2, 0.25) is 5.02 Å². The molecule has 1 aliphatic rings. The number of aromatic nitrogens is 6. The number of hydrogen-bond acceptors (Lipinski definition) is 5. The lowest BCUT2D eigenvalue weighted by Gasteiger charge is -2.24. The van der Waals surface area contributed by atoms with Gasteiger partial charge in [0.15, 0.2) is 5.82 Å². The molecule has 1 saturated heterocycles. The summed E-state index contributed by atoms with van der Waals surface area (Å²) in [5.74, 6) is 0.871. The Kier molecular flexibility index (Phi) is 6.63. The Balaban J connectivity index is 1.52. The second-order valence-electron chi connectivity index (χ2n) is 11.0. The molecule has 0 radical (unpaired) electrons. The van der Waals surface area contributed by atoms with Crippen LogP contribution >= 0.6 is 11.6 Å². The minimum absolute atomic E-state index is 0.100. The first-order valence-corrected chi connectivity index (χ1v) is 14.4. The minimum Gasteiger partial charge on any atom is -0.495 e. The molecule has 0 aliphatic carbocycles. The Labute approximate surface area is 251 Å². The van der Waals surface area contributed by atoms with E-state index in [4.69, 9.17) is 26.1 Å². The van der Waals surface area contributed by atoms with Gasteiger partial charge in [0.1, 0.15) is 17.3 Å². The van der Waals surface area contributed by atoms with Gasteiger partial charge in [-0.15, -0.1) is 0 Å². The predicted octanol–water partition coefficient (Wildman–Crippen LogP) is 5.98. The molecule has 11 heteroatoms. The molecule has 0 unspecified atom stereocenters. The van der Waals surface area contributed by atoms with Crippen LogP contribution in [0.4, 0.5) is 4.39 Å². The van der Waals surface area contributed by atoms with Crippen LogP contribution in [0, 0.1) is 5.82 Å². The van der Waals surface area contributed by atoms with Gasteiger partial charge in [-0.3, -0.25) is 13.7 Å². The number of imidazole rings is 3. The molecule has 9 nitrogen and oxygen atoms in total. The molecule has 0 atom stereocenters. The average Bonchev–Trinajstić information content (AvgIpc) is 3.67. The Morgan fingerprint density at radius 1 is 1.02 bits per heavy atom. The summed E-state index contributed by atoms with van der Waals surface area (Å²) < 4.78 is 34.3. The Hall–Kier alpha value is -4.41. The van der Waals surface area contributed by atoms with E-state index < -0.39 is 5.82 Å². The summed E-state index contributed by atoms with van der Waals surface area (Å²) >= 11 is 6.24. The molecule has 43 heavy (non-hydrogen) atoms. The van der Waals surface area contributed by atoms with Gasteiger partial charge in [-0.25, -0.2) is 19.2 Å². The normalized spacial score (nSPS) is 14.3. The first-order valence-electron chi connectivity index (χ1n) is 14.1. The van der Waals surface area contributed by atoms with Gasteiger partial charge < -0.3 is 14.0 Å². The molecule has 1 fully saturated rings. The van der Waals surface area contributed by atoms with E-state index in [1.54, 1.807) is 53.0 Å². The average molecular weight is 601 g/mol. The number of nitrogens with zero attached hydrogens (tertiary/aromatic N) is 6. The topological polar surface area (TPSA) is 81.0 Å². The SMILES string of the molecule is COc1cc(-c2cc3nc(-c4cncn4C)n(-c4cc(C5CCOCC5)c5c(c4)n(C)c(=O)n5C)c3cc2F)ccc1Cl. The number of benzene rings is 3. The van der Waals surface area contributed by atoms with Gasteiger partial charge in [-0.1, -0.05) is 17.7 Å². The third-order valence-corrected chi connectivity index (χ3v) is 8.86. The summed E-state index contributed by atoms with van der Waals surface area (Å²) in [7, 11) is 7.02. The Bertz CT molecular complexity index is 2100. The third kappa shape index (κ3) is 4.35. The van der Waals surface area contributed by atoms with E-state index in [0.717, 1.165) is 40.8 Å². The maximum absolute atomic E-state index is 16.0. The van der Waals surface area contributed by atoms with E-state index in [1.165, 1.54) is 13.2 Å². The van der Waals surface area contributed by atoms with Gasteiger partial charge in [-0.2, -0.15) is 0 Å². The maximum Gasteiger partial charge on any atom is 0.328 e. The van der Waals surface area contributed by atoms with Crippen molar-refractivity contribution in [2.75, 3.05) is 20.3 Å². The Morgan fingerprint density at radius 3 is 2.53 bits per heavy atom. The van der Waals surface area contributed by atoms with Crippen LogP contribution in [-0.2, 0) is 25.9 Å². The highest BCUT2D eigenvalue weighted by Gasteiger charge is 2.26. The van der Waals surface area contributed by atoms with Crippen LogP contribution in [0.15, 0.2) is 59.8 Å². The van der Waals surface area contributed by atoms with Crippen molar-refractivity contribution in [2.45, 2.75) is 18.8 Å². The van der Waals surface area contributed by atoms with Crippen LogP contribution in [0.25, 0.3) is 50.4 Å². The third-order valence-electron chi connectivity index (χ3n) is 8.55. The summed E-state index contributed by atoms with van der Waals surface area (Å²) in [5.41, 5.74) is 6.43. The number of fused-ring (bicyclic) bond motifs is 2. The highest BCUT2D eigenvalue weighted by atomic mass is 35.5. The summed E-state index contributed by atoms with van der Waals surface area (Å²) in [5, 5.41) is 0.446. The van der Waals surface area contributed by atoms with Gasteiger partial charge in [0.05, 0.1) is 52.4 Å². The van der Waals surface area contributed by atoms with Crippen molar-refractivity contribution in [3.05, 3.63) is 81.9 Å². The smallest absolute Gasteiger partial charge is 0.328 e. The van der Waals surface area contributed by atoms with Crippen LogP contribution in [0.3, 0.4) is 0 Å². The number of halogens is 2. The van der Waals surface area contributed by atoms with Gasteiger partial charge >= 0.3 is 5.69 Å². The van der Waals surface area contributed by atoms with Crippen molar-refractivity contribution in [1.82, 2.24) is 28.2 Å². The number of rotatable bonds is 5. The number of aryl methyl sites for hydroxylation is 3. The zero-order valence-electron chi connectivity index (χ0n) is 24.3. The van der Waals surface area contributed by atoms with Crippen molar-refractivity contribution in [1.29, 1.82) is 0 Å². The molecule has 0 spiro atoms. The second kappa shape index (κ2) is 10.4. The fourth-order valence-corrected chi connectivity index (χ4v) is 6.47. The number of ether oxygens (including phenoxy) is 2. The molecular weight excluding hydrogens is 571 g/mol. The zero-order valence-corrected chi connectivity index (χ0v) is 25.0. The van der Waals surface area contributed by atoms with E-state index in [9.17, 15) is 4.79 Å². The fraction of sp³-hybridized carbons (Fsp3) is 0.281. The highest BCUT2D eigenvalue weighted by Crippen LogP contribution is 2.39. The molecule has 1 aliphatic heterocycles. The van der Waals surface area contributed by atoms with E-state index >= 15 is 4.39 Å². The molecule has 6 aromatic rings. The molecule has 3 aromatic heterocycles. The molecule has 0 amide bonds. The van der Waals surface area contributed by atoms with Crippen molar-refractivity contribution in [3.8, 4) is 34.1 Å². The van der Waals surface area contributed by atoms with Crippen molar-refractivity contribution < 1.29 is 13.9 Å². The summed E-state index contributed by atoms with van der Waals surface area (Å²) in [6.07, 6.45) is 5.16. The fourth-order valence-electron chi connectivity index (χ4n) is 6.27. The highest BCUT2D eigenvalue weighted by molar-refractivity contribution is 6.32. The lowest BCUT2D eigenvalue weighted by molar-refractivity contribution is 0.0855. The first kappa shape index (κ1) is 27.4. The van der Waals surface area contributed by atoms with E-state index in [0.29, 0.717) is 52.0 Å². The molecule has 0 N–H and O–H groups in total. The quantitative estimate of drug-likeness (QED) is 0.243. The molecule has 4 heterocycles. The largest absolute Gasteiger partial charge is 0.495 e. The standard InChI is InChI=1S/C32H30ClFN6O3/c1-37-17-35-16-28(37)31-36-25-14-21(19-5-6-23(33)29(11-19)42-4)24(34)15-26(25)40(31)20-12-22(18-7-9-43-10-8-18)30-27(13-20)38(2)32(41)39(30)3/h5-6,11-18H,7-10H2,1-4H3. The second-order valence-corrected chi connectivity index (χ2v) is 11.4. The van der Waals surface area contributed by atoms with Gasteiger partial charge in [-0.05, 0) is 60.2 Å². The van der Waals surface area contributed by atoms with Crippen molar-refractivity contribution in [3.63, 3.8) is 0 Å². The van der Waals surface area contributed by atoms with Crippen molar-refractivity contribution in [2.24, 2.45) is 21.1 Å². The van der Waals surface area contributed by atoms with E-state index in [2.05, 4.69) is 11.1 Å². The Morgan fingerprint density at radius 2 is 1.81 bits per heavy atom. The summed E-state index contributed by atoms with van der Waals surface area (Å²) in [6, 6.07) is 12.5. The van der Waals surface area contributed by atoms with Crippen LogP contribution < -0.4 is 10.4 Å².